The van der Waals surface area contributed by atoms with Crippen molar-refractivity contribution in [2.24, 2.45) is 0 Å². The Kier molecular flexibility index (Phi) is 4.83. The Bertz CT molecular complexity index is 624. The van der Waals surface area contributed by atoms with Gasteiger partial charge in [0.15, 0.2) is 0 Å². The van der Waals surface area contributed by atoms with Crippen LogP contribution in [-0.2, 0) is 4.74 Å². The van der Waals surface area contributed by atoms with Gasteiger partial charge in [-0.15, -0.1) is 11.3 Å². The molecule has 106 valence electrons. The number of carbonyl (C=O) groups excluding carboxylic acids is 1. The molecule has 0 radical (unpaired) electrons. The molecule has 0 saturated carbocycles. The molecule has 0 aliphatic carbocycles. The summed E-state index contributed by atoms with van der Waals surface area (Å²) < 4.78 is 5.84. The van der Waals surface area contributed by atoms with E-state index in [-0.39, 0.29) is 12.0 Å². The fourth-order valence-corrected chi connectivity index (χ4v) is 3.71. The van der Waals surface area contributed by atoms with Crippen LogP contribution in [-0.4, -0.2) is 13.1 Å². The Morgan fingerprint density at radius 1 is 1.40 bits per heavy atom. The van der Waals surface area contributed by atoms with Crippen molar-refractivity contribution in [1.29, 1.82) is 0 Å². The molecule has 1 heterocycles. The van der Waals surface area contributed by atoms with Crippen LogP contribution in [0.15, 0.2) is 34.1 Å². The third kappa shape index (κ3) is 3.22. The summed E-state index contributed by atoms with van der Waals surface area (Å²) in [4.78, 5) is 12.7. The maximum absolute atomic E-state index is 11.5. The predicted molar refractivity (Wildman–Crippen MR) is 86.6 cm³/mol. The van der Waals surface area contributed by atoms with Gasteiger partial charge >= 0.3 is 5.97 Å². The van der Waals surface area contributed by atoms with E-state index in [1.54, 1.807) is 17.4 Å². The molecule has 5 heteroatoms. The summed E-state index contributed by atoms with van der Waals surface area (Å²) in [5, 5.41) is 5.53. The van der Waals surface area contributed by atoms with Crippen LogP contribution < -0.4 is 5.32 Å². The van der Waals surface area contributed by atoms with E-state index in [0.29, 0.717) is 5.56 Å². The second-order valence-corrected chi connectivity index (χ2v) is 6.32. The Balaban J connectivity index is 2.18. The van der Waals surface area contributed by atoms with Gasteiger partial charge in [0.25, 0.3) is 0 Å². The molecule has 0 fully saturated rings. The zero-order valence-electron chi connectivity index (χ0n) is 11.6. The zero-order valence-corrected chi connectivity index (χ0v) is 14.0. The average molecular weight is 354 g/mol. The van der Waals surface area contributed by atoms with Crippen LogP contribution in [0.1, 0.15) is 33.8 Å². The van der Waals surface area contributed by atoms with Crippen LogP contribution in [0.5, 0.6) is 0 Å². The van der Waals surface area contributed by atoms with Gasteiger partial charge in [0.05, 0.1) is 18.7 Å². The lowest BCUT2D eigenvalue weighted by Gasteiger charge is -2.17. The van der Waals surface area contributed by atoms with Gasteiger partial charge in [-0.25, -0.2) is 4.79 Å². The molecule has 0 aliphatic rings. The summed E-state index contributed by atoms with van der Waals surface area (Å²) in [6.07, 6.45) is 0. The molecule has 1 atom stereocenters. The molecule has 2 rings (SSSR count). The first-order chi connectivity index (χ1) is 9.52. The standard InChI is InChI=1S/C15H16BrNO2S/c1-9-8-11(15(18)19-3)4-5-13(9)17-10(2)14-12(16)6-7-20-14/h4-8,10,17H,1-3H3. The first-order valence-electron chi connectivity index (χ1n) is 6.21. The molecular weight excluding hydrogens is 338 g/mol. The van der Waals surface area contributed by atoms with E-state index in [2.05, 4.69) is 33.6 Å². The fourth-order valence-electron chi connectivity index (χ4n) is 1.98. The lowest BCUT2D eigenvalue weighted by Crippen LogP contribution is -2.08. The number of halogens is 1. The fraction of sp³-hybridized carbons (Fsp3) is 0.267. The molecule has 0 amide bonds. The molecule has 1 aromatic heterocycles. The number of ether oxygens (including phenoxy) is 1. The van der Waals surface area contributed by atoms with E-state index in [1.807, 2.05) is 25.1 Å². The van der Waals surface area contributed by atoms with Crippen molar-refractivity contribution in [2.75, 3.05) is 12.4 Å². The third-order valence-electron chi connectivity index (χ3n) is 3.06. The zero-order chi connectivity index (χ0) is 14.7. The van der Waals surface area contributed by atoms with E-state index in [4.69, 9.17) is 4.74 Å². The van der Waals surface area contributed by atoms with Crippen molar-refractivity contribution in [3.05, 3.63) is 50.1 Å². The number of rotatable bonds is 4. The topological polar surface area (TPSA) is 38.3 Å². The van der Waals surface area contributed by atoms with Gasteiger partial charge in [-0.05, 0) is 65.0 Å². The molecule has 1 unspecified atom stereocenters. The molecule has 1 aromatic carbocycles. The van der Waals surface area contributed by atoms with Crippen LogP contribution >= 0.6 is 27.3 Å². The van der Waals surface area contributed by atoms with Crippen LogP contribution in [0.2, 0.25) is 0 Å². The predicted octanol–water partition coefficient (Wildman–Crippen LogP) is 4.78. The molecule has 0 aliphatic heterocycles. The van der Waals surface area contributed by atoms with Crippen molar-refractivity contribution in [1.82, 2.24) is 0 Å². The summed E-state index contributed by atoms with van der Waals surface area (Å²) in [6, 6.07) is 7.78. The lowest BCUT2D eigenvalue weighted by atomic mass is 10.1. The summed E-state index contributed by atoms with van der Waals surface area (Å²) in [6.45, 7) is 4.09. The Morgan fingerprint density at radius 3 is 2.70 bits per heavy atom. The normalized spacial score (nSPS) is 12.0. The van der Waals surface area contributed by atoms with Crippen LogP contribution in [0.25, 0.3) is 0 Å². The van der Waals surface area contributed by atoms with E-state index in [0.717, 1.165) is 15.7 Å². The van der Waals surface area contributed by atoms with Gasteiger partial charge in [-0.2, -0.15) is 0 Å². The number of nitrogens with one attached hydrogen (secondary N) is 1. The number of aryl methyl sites for hydroxylation is 1. The van der Waals surface area contributed by atoms with E-state index in [1.165, 1.54) is 12.0 Å². The minimum Gasteiger partial charge on any atom is -0.465 e. The number of methoxy groups -OCH3 is 1. The summed E-state index contributed by atoms with van der Waals surface area (Å²) in [5.74, 6) is -0.311. The highest BCUT2D eigenvalue weighted by atomic mass is 79.9. The molecule has 20 heavy (non-hydrogen) atoms. The van der Waals surface area contributed by atoms with Crippen LogP contribution in [0.4, 0.5) is 5.69 Å². The molecule has 1 N–H and O–H groups in total. The average Bonchev–Trinajstić information content (AvgIpc) is 2.86. The van der Waals surface area contributed by atoms with Crippen molar-refractivity contribution in [3.8, 4) is 0 Å². The number of thiophene rings is 1. The maximum atomic E-state index is 11.5. The van der Waals surface area contributed by atoms with Gasteiger partial charge in [0.2, 0.25) is 0 Å². The van der Waals surface area contributed by atoms with Crippen molar-refractivity contribution in [2.45, 2.75) is 19.9 Å². The number of anilines is 1. The molecule has 0 bridgehead atoms. The van der Waals surface area contributed by atoms with Crippen molar-refractivity contribution in [3.63, 3.8) is 0 Å². The van der Waals surface area contributed by atoms with Gasteiger partial charge in [0.1, 0.15) is 0 Å². The second-order valence-electron chi connectivity index (χ2n) is 4.52. The van der Waals surface area contributed by atoms with Gasteiger partial charge in [-0.1, -0.05) is 0 Å². The number of benzene rings is 1. The Hall–Kier alpha value is -1.33. The van der Waals surface area contributed by atoms with Crippen LogP contribution in [0.3, 0.4) is 0 Å². The summed E-state index contributed by atoms with van der Waals surface area (Å²) >= 11 is 5.26. The molecule has 3 nitrogen and oxygen atoms in total. The monoisotopic (exact) mass is 353 g/mol. The van der Waals surface area contributed by atoms with E-state index < -0.39 is 0 Å². The molecular formula is C15H16BrNO2S. The van der Waals surface area contributed by atoms with E-state index in [9.17, 15) is 4.79 Å². The van der Waals surface area contributed by atoms with Crippen molar-refractivity contribution < 1.29 is 9.53 Å². The highest BCUT2D eigenvalue weighted by Crippen LogP contribution is 2.31. The number of hydrogen-bond acceptors (Lipinski definition) is 4. The van der Waals surface area contributed by atoms with Crippen molar-refractivity contribution >= 4 is 38.9 Å². The van der Waals surface area contributed by atoms with Gasteiger partial charge in [0, 0.05) is 15.0 Å². The quantitative estimate of drug-likeness (QED) is 0.803. The summed E-state index contributed by atoms with van der Waals surface area (Å²) in [5.41, 5.74) is 2.61. The molecule has 0 spiro atoms. The first-order valence-corrected chi connectivity index (χ1v) is 7.88. The van der Waals surface area contributed by atoms with Gasteiger partial charge in [-0.3, -0.25) is 0 Å². The lowest BCUT2D eigenvalue weighted by molar-refractivity contribution is 0.0600. The van der Waals surface area contributed by atoms with Crippen LogP contribution in [0, 0.1) is 6.92 Å². The number of esters is 1. The smallest absolute Gasteiger partial charge is 0.337 e. The summed E-state index contributed by atoms with van der Waals surface area (Å²) in [7, 11) is 1.39. The first kappa shape index (κ1) is 15.1. The minimum absolute atomic E-state index is 0.201. The maximum Gasteiger partial charge on any atom is 0.337 e. The number of hydrogen-bond donors (Lipinski definition) is 1. The molecule has 2 aromatic rings. The second kappa shape index (κ2) is 6.41. The third-order valence-corrected chi connectivity index (χ3v) is 5.11. The Labute approximate surface area is 131 Å². The number of carbonyl (C=O) groups is 1. The minimum atomic E-state index is -0.311. The molecule has 0 saturated heterocycles. The Morgan fingerprint density at radius 2 is 2.15 bits per heavy atom. The largest absolute Gasteiger partial charge is 0.465 e. The highest BCUT2D eigenvalue weighted by molar-refractivity contribution is 9.10. The SMILES string of the molecule is COC(=O)c1ccc(NC(C)c2sccc2Br)c(C)c1. The van der Waals surface area contributed by atoms with E-state index >= 15 is 0 Å². The highest BCUT2D eigenvalue weighted by Gasteiger charge is 2.13. The van der Waals surface area contributed by atoms with Gasteiger partial charge < -0.3 is 10.1 Å².